The molecule has 0 spiro atoms. The van der Waals surface area contributed by atoms with E-state index < -0.39 is 0 Å². The summed E-state index contributed by atoms with van der Waals surface area (Å²) in [5, 5.41) is 3.47. The third-order valence-electron chi connectivity index (χ3n) is 4.40. The molecule has 6 nitrogen and oxygen atoms in total. The topological polar surface area (TPSA) is 60.7 Å². The van der Waals surface area contributed by atoms with Crippen molar-refractivity contribution < 1.29 is 9.47 Å². The largest absolute Gasteiger partial charge is 0.493 e. The Morgan fingerprint density at radius 1 is 0.963 bits per heavy atom. The number of aromatic nitrogens is 3. The number of nitrogens with zero attached hydrogens (tertiary/aromatic N) is 3. The summed E-state index contributed by atoms with van der Waals surface area (Å²) in [7, 11) is 3.25. The number of aryl methyl sites for hydroxylation is 1. The van der Waals surface area contributed by atoms with Gasteiger partial charge in [0.05, 0.1) is 20.4 Å². The van der Waals surface area contributed by atoms with Crippen LogP contribution in [0.3, 0.4) is 0 Å². The highest BCUT2D eigenvalue weighted by Crippen LogP contribution is 2.34. The Bertz CT molecular complexity index is 1090. The first kappa shape index (κ1) is 16.9. The van der Waals surface area contributed by atoms with E-state index in [0.29, 0.717) is 11.5 Å². The van der Waals surface area contributed by atoms with E-state index in [9.17, 15) is 0 Å². The van der Waals surface area contributed by atoms with E-state index in [-0.39, 0.29) is 0 Å². The van der Waals surface area contributed by atoms with E-state index in [2.05, 4.69) is 41.5 Å². The highest BCUT2D eigenvalue weighted by molar-refractivity contribution is 5.80. The van der Waals surface area contributed by atoms with Gasteiger partial charge < -0.3 is 14.8 Å². The number of hydrogen-bond acceptors (Lipinski definition) is 5. The lowest BCUT2D eigenvalue weighted by molar-refractivity contribution is 0.355. The minimum absolute atomic E-state index is 0.662. The molecule has 6 heteroatoms. The number of benzene rings is 2. The molecule has 0 saturated carbocycles. The Morgan fingerprint density at radius 2 is 1.74 bits per heavy atom. The van der Waals surface area contributed by atoms with Crippen LogP contribution in [0.4, 0.5) is 11.5 Å². The summed E-state index contributed by atoms with van der Waals surface area (Å²) in [6.07, 6.45) is 5.38. The molecule has 0 radical (unpaired) electrons. The number of methoxy groups -OCH3 is 2. The zero-order valence-corrected chi connectivity index (χ0v) is 15.4. The number of nitrogens with one attached hydrogen (secondary N) is 1. The number of imidazole rings is 1. The smallest absolute Gasteiger partial charge is 0.162 e. The molecule has 0 aliphatic carbocycles. The summed E-state index contributed by atoms with van der Waals surface area (Å²) < 4.78 is 12.7. The summed E-state index contributed by atoms with van der Waals surface area (Å²) in [5.41, 5.74) is 4.75. The fourth-order valence-electron chi connectivity index (χ4n) is 2.99. The average molecular weight is 360 g/mol. The number of hydrogen-bond donors (Lipinski definition) is 1. The van der Waals surface area contributed by atoms with Gasteiger partial charge in [-0.1, -0.05) is 29.8 Å². The first-order valence-corrected chi connectivity index (χ1v) is 8.58. The highest BCUT2D eigenvalue weighted by Gasteiger charge is 2.15. The first-order chi connectivity index (χ1) is 13.2. The van der Waals surface area contributed by atoms with Gasteiger partial charge in [-0.3, -0.25) is 9.38 Å². The Kier molecular flexibility index (Phi) is 4.38. The third-order valence-corrected chi connectivity index (χ3v) is 4.40. The van der Waals surface area contributed by atoms with Crippen molar-refractivity contribution in [1.82, 2.24) is 14.4 Å². The van der Waals surface area contributed by atoms with E-state index in [1.807, 2.05) is 28.8 Å². The normalized spacial score (nSPS) is 10.8. The van der Waals surface area contributed by atoms with Crippen LogP contribution < -0.4 is 14.8 Å². The van der Waals surface area contributed by atoms with Gasteiger partial charge in [-0.05, 0) is 19.1 Å². The van der Waals surface area contributed by atoms with E-state index in [4.69, 9.17) is 14.5 Å². The molecule has 0 saturated heterocycles. The zero-order chi connectivity index (χ0) is 18.8. The number of rotatable bonds is 5. The SMILES string of the molecule is COc1ccc(Nc2c(-c3ccc(C)cc3)nc3cnccn23)cc1OC. The van der Waals surface area contributed by atoms with Crippen molar-refractivity contribution in [2.24, 2.45) is 0 Å². The quantitative estimate of drug-likeness (QED) is 0.569. The molecule has 1 N–H and O–H groups in total. The minimum Gasteiger partial charge on any atom is -0.493 e. The summed E-state index contributed by atoms with van der Waals surface area (Å²) in [6, 6.07) is 14.0. The van der Waals surface area contributed by atoms with Gasteiger partial charge in [0.2, 0.25) is 0 Å². The average Bonchev–Trinajstić information content (AvgIpc) is 3.07. The standard InChI is InChI=1S/C21H20N4O2/c1-14-4-6-15(7-5-14)20-21(25-11-10-22-13-19(25)24-20)23-16-8-9-17(26-2)18(12-16)27-3/h4-13,23H,1-3H3. The maximum atomic E-state index is 5.41. The Morgan fingerprint density at radius 3 is 2.48 bits per heavy atom. The summed E-state index contributed by atoms with van der Waals surface area (Å²) in [5.74, 6) is 2.21. The van der Waals surface area contributed by atoms with Gasteiger partial charge in [-0.2, -0.15) is 0 Å². The second-order valence-corrected chi connectivity index (χ2v) is 6.17. The lowest BCUT2D eigenvalue weighted by Gasteiger charge is -2.12. The molecule has 0 fully saturated rings. The maximum Gasteiger partial charge on any atom is 0.162 e. The van der Waals surface area contributed by atoms with Gasteiger partial charge >= 0.3 is 0 Å². The summed E-state index contributed by atoms with van der Waals surface area (Å²) in [4.78, 5) is 8.95. The number of fused-ring (bicyclic) bond motifs is 1. The van der Waals surface area contributed by atoms with Gasteiger partial charge in [0.25, 0.3) is 0 Å². The molecule has 0 aliphatic heterocycles. The van der Waals surface area contributed by atoms with Crippen LogP contribution in [-0.4, -0.2) is 28.6 Å². The number of ether oxygens (including phenoxy) is 2. The van der Waals surface area contributed by atoms with Crippen LogP contribution in [0.1, 0.15) is 5.56 Å². The van der Waals surface area contributed by atoms with Crippen molar-refractivity contribution in [2.45, 2.75) is 6.92 Å². The van der Waals surface area contributed by atoms with Crippen molar-refractivity contribution in [2.75, 3.05) is 19.5 Å². The van der Waals surface area contributed by atoms with Crippen molar-refractivity contribution in [1.29, 1.82) is 0 Å². The predicted molar refractivity (Wildman–Crippen MR) is 106 cm³/mol. The molecule has 2 aromatic heterocycles. The van der Waals surface area contributed by atoms with Crippen LogP contribution in [-0.2, 0) is 0 Å². The molecule has 2 aromatic carbocycles. The third kappa shape index (κ3) is 3.17. The molecule has 4 aromatic rings. The molecule has 136 valence electrons. The fraction of sp³-hybridized carbons (Fsp3) is 0.143. The molecule has 0 bridgehead atoms. The molecular weight excluding hydrogens is 340 g/mol. The van der Waals surface area contributed by atoms with Gasteiger partial charge in [-0.15, -0.1) is 0 Å². The van der Waals surface area contributed by atoms with Crippen LogP contribution in [0.5, 0.6) is 11.5 Å². The second-order valence-electron chi connectivity index (χ2n) is 6.17. The Balaban J connectivity index is 1.83. The minimum atomic E-state index is 0.662. The number of anilines is 2. The van der Waals surface area contributed by atoms with Crippen LogP contribution in [0.2, 0.25) is 0 Å². The van der Waals surface area contributed by atoms with Gasteiger partial charge in [-0.25, -0.2) is 4.98 Å². The first-order valence-electron chi connectivity index (χ1n) is 8.58. The van der Waals surface area contributed by atoms with Crippen LogP contribution in [0, 0.1) is 6.92 Å². The van der Waals surface area contributed by atoms with Gasteiger partial charge in [0.15, 0.2) is 17.1 Å². The van der Waals surface area contributed by atoms with Crippen molar-refractivity contribution in [3.63, 3.8) is 0 Å². The molecule has 4 rings (SSSR count). The molecule has 27 heavy (non-hydrogen) atoms. The van der Waals surface area contributed by atoms with Gasteiger partial charge in [0.1, 0.15) is 11.5 Å². The molecule has 0 atom stereocenters. The van der Waals surface area contributed by atoms with E-state index in [1.165, 1.54) is 5.56 Å². The summed E-state index contributed by atoms with van der Waals surface area (Å²) in [6.45, 7) is 2.07. The van der Waals surface area contributed by atoms with Crippen LogP contribution in [0.25, 0.3) is 16.9 Å². The Hall–Kier alpha value is -3.54. The lowest BCUT2D eigenvalue weighted by Crippen LogP contribution is -1.98. The van der Waals surface area contributed by atoms with Crippen molar-refractivity contribution >= 4 is 17.2 Å². The predicted octanol–water partition coefficient (Wildman–Crippen LogP) is 4.47. The van der Waals surface area contributed by atoms with E-state index in [1.54, 1.807) is 26.6 Å². The molecule has 0 unspecified atom stereocenters. The fourth-order valence-corrected chi connectivity index (χ4v) is 2.99. The second kappa shape index (κ2) is 6.99. The summed E-state index contributed by atoms with van der Waals surface area (Å²) >= 11 is 0. The highest BCUT2D eigenvalue weighted by atomic mass is 16.5. The molecule has 0 aliphatic rings. The maximum absolute atomic E-state index is 5.41. The Labute approximate surface area is 157 Å². The van der Waals surface area contributed by atoms with Crippen LogP contribution in [0.15, 0.2) is 61.1 Å². The van der Waals surface area contributed by atoms with Gasteiger partial charge in [0, 0.05) is 29.7 Å². The van der Waals surface area contributed by atoms with Crippen molar-refractivity contribution in [3.05, 3.63) is 66.6 Å². The molecule has 2 heterocycles. The molecular formula is C21H20N4O2. The van der Waals surface area contributed by atoms with Crippen LogP contribution >= 0.6 is 0 Å². The van der Waals surface area contributed by atoms with E-state index >= 15 is 0 Å². The van der Waals surface area contributed by atoms with Crippen molar-refractivity contribution in [3.8, 4) is 22.8 Å². The lowest BCUT2D eigenvalue weighted by atomic mass is 10.1. The zero-order valence-electron chi connectivity index (χ0n) is 15.4. The molecule has 0 amide bonds. The van der Waals surface area contributed by atoms with E-state index in [0.717, 1.165) is 28.4 Å². The monoisotopic (exact) mass is 360 g/mol.